The van der Waals surface area contributed by atoms with Gasteiger partial charge in [-0.05, 0) is 13.3 Å². The van der Waals surface area contributed by atoms with Crippen molar-refractivity contribution in [1.29, 1.82) is 0 Å². The largest absolute Gasteiger partial charge is 0.302 e. The fraction of sp³-hybridized carbons (Fsp3) is 0.750. The van der Waals surface area contributed by atoms with Crippen LogP contribution in [0.5, 0.6) is 0 Å². The molecule has 0 radical (unpaired) electrons. The second-order valence-corrected chi connectivity index (χ2v) is 3.76. The maximum Gasteiger partial charge on any atom is 0.0160 e. The zero-order valence-electron chi connectivity index (χ0n) is 7.29. The number of hydrogen-bond donors (Lipinski definition) is 1. The van der Waals surface area contributed by atoms with E-state index in [9.17, 15) is 0 Å². The normalized spacial score (nSPS) is 11.6. The molecule has 0 fully saturated rings. The second kappa shape index (κ2) is 8.50. The monoisotopic (exact) mass is 191 g/mol. The Morgan fingerprint density at radius 3 is 2.73 bits per heavy atom. The first kappa shape index (κ1) is 11.4. The van der Waals surface area contributed by atoms with E-state index in [-0.39, 0.29) is 0 Å². The van der Waals surface area contributed by atoms with Crippen LogP contribution in [0.1, 0.15) is 0 Å². The number of rotatable bonds is 6. The highest BCUT2D eigenvalue weighted by molar-refractivity contribution is 7.98. The van der Waals surface area contributed by atoms with Gasteiger partial charge in [-0.15, -0.1) is 0 Å². The summed E-state index contributed by atoms with van der Waals surface area (Å²) < 4.78 is 0. The molecule has 0 saturated carbocycles. The number of thiol groups is 1. The minimum Gasteiger partial charge on any atom is -0.302 e. The molecule has 0 aliphatic rings. The fourth-order valence-electron chi connectivity index (χ4n) is 0.667. The topological polar surface area (TPSA) is 3.24 Å². The average molecular weight is 191 g/mol. The molecule has 0 aliphatic heterocycles. The van der Waals surface area contributed by atoms with Crippen LogP contribution in [0, 0.1) is 0 Å². The quantitative estimate of drug-likeness (QED) is 0.503. The molecule has 0 bridgehead atoms. The molecule has 0 aromatic heterocycles. The van der Waals surface area contributed by atoms with E-state index in [0.29, 0.717) is 0 Å². The summed E-state index contributed by atoms with van der Waals surface area (Å²) in [4.78, 5) is 2.30. The van der Waals surface area contributed by atoms with Gasteiger partial charge in [0.1, 0.15) is 0 Å². The van der Waals surface area contributed by atoms with E-state index in [0.717, 1.165) is 18.8 Å². The molecule has 0 atom stereocenters. The van der Waals surface area contributed by atoms with E-state index >= 15 is 0 Å². The molecule has 1 nitrogen and oxygen atoms in total. The minimum absolute atomic E-state index is 0.844. The van der Waals surface area contributed by atoms with Crippen molar-refractivity contribution >= 4 is 24.4 Å². The van der Waals surface area contributed by atoms with Crippen molar-refractivity contribution in [2.75, 3.05) is 37.9 Å². The lowest BCUT2D eigenvalue weighted by atomic mass is 10.5. The molecule has 0 rings (SSSR count). The molecular formula is C8H17NS2. The van der Waals surface area contributed by atoms with Gasteiger partial charge in [0.15, 0.2) is 0 Å². The first-order valence-electron chi connectivity index (χ1n) is 3.74. The van der Waals surface area contributed by atoms with Crippen LogP contribution in [0.15, 0.2) is 12.2 Å². The zero-order valence-corrected chi connectivity index (χ0v) is 9.00. The Labute approximate surface area is 79.6 Å². The summed E-state index contributed by atoms with van der Waals surface area (Å²) in [6.45, 7) is 2.21. The van der Waals surface area contributed by atoms with E-state index in [4.69, 9.17) is 0 Å². The summed E-state index contributed by atoms with van der Waals surface area (Å²) in [5.41, 5.74) is 0. The van der Waals surface area contributed by atoms with Gasteiger partial charge in [0, 0.05) is 24.6 Å². The molecule has 0 N–H and O–H groups in total. The Morgan fingerprint density at radius 2 is 2.18 bits per heavy atom. The Hall–Kier alpha value is 0.400. The lowest BCUT2D eigenvalue weighted by Crippen LogP contribution is -2.21. The molecule has 0 aromatic rings. The highest BCUT2D eigenvalue weighted by Gasteiger charge is 1.91. The van der Waals surface area contributed by atoms with Crippen molar-refractivity contribution in [2.24, 2.45) is 0 Å². The number of thioether (sulfide) groups is 1. The average Bonchev–Trinajstić information content (AvgIpc) is 2.01. The second-order valence-electron chi connectivity index (χ2n) is 2.41. The van der Waals surface area contributed by atoms with Gasteiger partial charge in [-0.1, -0.05) is 12.2 Å². The summed E-state index contributed by atoms with van der Waals surface area (Å²) in [6.07, 6.45) is 6.38. The SMILES string of the molecule is CSCCN(C)C/C=C/CS. The standard InChI is InChI=1S/C8H17NS2/c1-9(6-8-11-2)5-3-4-7-10/h3-4,10H,5-8H2,1-2H3/b4-3+. The lowest BCUT2D eigenvalue weighted by molar-refractivity contribution is 0.395. The number of hydrogen-bond acceptors (Lipinski definition) is 3. The maximum atomic E-state index is 4.08. The van der Waals surface area contributed by atoms with Crippen LogP contribution in [0.2, 0.25) is 0 Å². The third-order valence-electron chi connectivity index (χ3n) is 1.37. The predicted molar refractivity (Wildman–Crippen MR) is 58.9 cm³/mol. The van der Waals surface area contributed by atoms with Gasteiger partial charge in [0.2, 0.25) is 0 Å². The molecule has 0 aliphatic carbocycles. The van der Waals surface area contributed by atoms with Crippen molar-refractivity contribution in [3.8, 4) is 0 Å². The Balaban J connectivity index is 3.21. The Kier molecular flexibility index (Phi) is 8.81. The molecule has 0 aromatic carbocycles. The Morgan fingerprint density at radius 1 is 1.45 bits per heavy atom. The third kappa shape index (κ3) is 8.30. The molecule has 0 unspecified atom stereocenters. The van der Waals surface area contributed by atoms with Gasteiger partial charge in [0.05, 0.1) is 0 Å². The van der Waals surface area contributed by atoms with E-state index in [1.807, 2.05) is 11.8 Å². The van der Waals surface area contributed by atoms with E-state index in [1.54, 1.807) is 0 Å². The van der Waals surface area contributed by atoms with Crippen LogP contribution >= 0.6 is 24.4 Å². The van der Waals surface area contributed by atoms with Crippen molar-refractivity contribution in [3.05, 3.63) is 12.2 Å². The summed E-state index contributed by atoms with van der Waals surface area (Å²) >= 11 is 5.97. The number of likely N-dealkylation sites (N-methyl/N-ethyl adjacent to an activating group) is 1. The van der Waals surface area contributed by atoms with Crippen LogP contribution in [-0.2, 0) is 0 Å². The summed E-state index contributed by atoms with van der Waals surface area (Å²) in [5, 5.41) is 0. The molecule has 0 amide bonds. The van der Waals surface area contributed by atoms with Crippen LogP contribution in [0.3, 0.4) is 0 Å². The summed E-state index contributed by atoms with van der Waals surface area (Å²) in [6, 6.07) is 0. The molecule has 0 saturated heterocycles. The van der Waals surface area contributed by atoms with Gasteiger partial charge in [-0.25, -0.2) is 0 Å². The van der Waals surface area contributed by atoms with Gasteiger partial charge >= 0.3 is 0 Å². The highest BCUT2D eigenvalue weighted by atomic mass is 32.2. The van der Waals surface area contributed by atoms with E-state index in [1.165, 1.54) is 5.75 Å². The Bertz CT molecular complexity index is 104. The summed E-state index contributed by atoms with van der Waals surface area (Å²) in [5.74, 6) is 2.06. The smallest absolute Gasteiger partial charge is 0.0160 e. The van der Waals surface area contributed by atoms with Crippen LogP contribution in [0.25, 0.3) is 0 Å². The highest BCUT2D eigenvalue weighted by Crippen LogP contribution is 1.93. The van der Waals surface area contributed by atoms with Gasteiger partial charge < -0.3 is 4.90 Å². The van der Waals surface area contributed by atoms with Crippen molar-refractivity contribution in [2.45, 2.75) is 0 Å². The molecule has 0 heterocycles. The summed E-state index contributed by atoms with van der Waals surface area (Å²) in [7, 11) is 2.14. The van der Waals surface area contributed by atoms with E-state index in [2.05, 4.69) is 43.0 Å². The fourth-order valence-corrected chi connectivity index (χ4v) is 1.31. The van der Waals surface area contributed by atoms with Gasteiger partial charge in [-0.3, -0.25) is 0 Å². The molecule has 66 valence electrons. The molecule has 11 heavy (non-hydrogen) atoms. The predicted octanol–water partition coefficient (Wildman–Crippen LogP) is 1.77. The van der Waals surface area contributed by atoms with Crippen molar-refractivity contribution < 1.29 is 0 Å². The molecule has 3 heteroatoms. The van der Waals surface area contributed by atoms with Crippen molar-refractivity contribution in [1.82, 2.24) is 4.90 Å². The van der Waals surface area contributed by atoms with Crippen molar-refractivity contribution in [3.63, 3.8) is 0 Å². The lowest BCUT2D eigenvalue weighted by Gasteiger charge is -2.12. The van der Waals surface area contributed by atoms with Crippen LogP contribution in [-0.4, -0.2) is 42.8 Å². The van der Waals surface area contributed by atoms with E-state index < -0.39 is 0 Å². The number of nitrogens with zero attached hydrogens (tertiary/aromatic N) is 1. The first-order chi connectivity index (χ1) is 5.31. The molecule has 0 spiro atoms. The molecular weight excluding hydrogens is 174 g/mol. The van der Waals surface area contributed by atoms with Gasteiger partial charge in [0.25, 0.3) is 0 Å². The van der Waals surface area contributed by atoms with Gasteiger partial charge in [-0.2, -0.15) is 24.4 Å². The third-order valence-corrected chi connectivity index (χ3v) is 2.17. The first-order valence-corrected chi connectivity index (χ1v) is 5.77. The van der Waals surface area contributed by atoms with Crippen LogP contribution in [0.4, 0.5) is 0 Å². The minimum atomic E-state index is 0.844. The van der Waals surface area contributed by atoms with Crippen LogP contribution < -0.4 is 0 Å². The maximum absolute atomic E-state index is 4.08. The zero-order chi connectivity index (χ0) is 8.53.